The molecular formula is C42H60O6. The van der Waals surface area contributed by atoms with Crippen LogP contribution in [0.25, 0.3) is 32.3 Å². The molecule has 0 aromatic heterocycles. The largest absolute Gasteiger partial charge is 0.490 e. The lowest BCUT2D eigenvalue weighted by molar-refractivity contribution is 0.262. The molecule has 6 nitrogen and oxygen atoms in total. The first-order valence-electron chi connectivity index (χ1n) is 18.9. The molecule has 0 unspecified atom stereocenters. The predicted molar refractivity (Wildman–Crippen MR) is 201 cm³/mol. The Morgan fingerprint density at radius 2 is 0.646 bits per heavy atom. The summed E-state index contributed by atoms with van der Waals surface area (Å²) in [6, 6.07) is 12.9. The van der Waals surface area contributed by atoms with Crippen LogP contribution in [0.1, 0.15) is 119 Å². The summed E-state index contributed by atoms with van der Waals surface area (Å²) >= 11 is 0. The van der Waals surface area contributed by atoms with Crippen molar-refractivity contribution < 1.29 is 28.4 Å². The second kappa shape index (κ2) is 20.1. The first kappa shape index (κ1) is 37.3. The maximum absolute atomic E-state index is 6.67. The van der Waals surface area contributed by atoms with E-state index in [1.807, 2.05) is 0 Å². The molecule has 48 heavy (non-hydrogen) atoms. The summed E-state index contributed by atoms with van der Waals surface area (Å²) in [5, 5.41) is 6.42. The Bertz CT molecular complexity index is 1510. The molecule has 0 amide bonds. The Morgan fingerprint density at radius 3 is 1.04 bits per heavy atom. The zero-order valence-corrected chi connectivity index (χ0v) is 30.6. The van der Waals surface area contributed by atoms with Gasteiger partial charge in [0.25, 0.3) is 0 Å². The zero-order chi connectivity index (χ0) is 34.1. The van der Waals surface area contributed by atoms with Crippen LogP contribution in [0.3, 0.4) is 0 Å². The molecule has 0 aliphatic carbocycles. The zero-order valence-electron chi connectivity index (χ0n) is 30.6. The molecule has 0 aliphatic heterocycles. The second-order valence-electron chi connectivity index (χ2n) is 12.7. The van der Waals surface area contributed by atoms with Gasteiger partial charge in [0, 0.05) is 5.39 Å². The summed E-state index contributed by atoms with van der Waals surface area (Å²) in [4.78, 5) is 0. The number of hydrogen-bond donors (Lipinski definition) is 0. The monoisotopic (exact) mass is 660 g/mol. The summed E-state index contributed by atoms with van der Waals surface area (Å²) < 4.78 is 38.8. The standard InChI is InChI=1S/C42H60O6/c1-7-13-21-43-36-20-19-31-32-27-37(44-22-14-8-2)38(45-23-15-9-3)28-33(32)34-29-39(46-24-16-10-4)40(47-25-17-11-5)30-35(34)41(31)42(36)48-26-18-12-6/h19-20,27-30H,7-18,21-26H2,1-6H3. The van der Waals surface area contributed by atoms with Crippen molar-refractivity contribution in [3.05, 3.63) is 36.4 Å². The molecule has 0 N–H and O–H groups in total. The van der Waals surface area contributed by atoms with Crippen molar-refractivity contribution in [3.63, 3.8) is 0 Å². The van der Waals surface area contributed by atoms with Gasteiger partial charge in [-0.25, -0.2) is 0 Å². The maximum Gasteiger partial charge on any atom is 0.169 e. The van der Waals surface area contributed by atoms with Gasteiger partial charge in [0.2, 0.25) is 0 Å². The number of unbranched alkanes of at least 4 members (excludes halogenated alkanes) is 6. The van der Waals surface area contributed by atoms with Crippen molar-refractivity contribution in [1.82, 2.24) is 0 Å². The second-order valence-corrected chi connectivity index (χ2v) is 12.7. The van der Waals surface area contributed by atoms with Crippen LogP contribution in [-0.2, 0) is 0 Å². The molecule has 4 rings (SSSR count). The molecule has 4 aromatic carbocycles. The smallest absolute Gasteiger partial charge is 0.169 e. The van der Waals surface area contributed by atoms with E-state index in [-0.39, 0.29) is 0 Å². The normalized spacial score (nSPS) is 11.4. The van der Waals surface area contributed by atoms with Gasteiger partial charge in [0.05, 0.1) is 39.6 Å². The summed E-state index contributed by atoms with van der Waals surface area (Å²) in [6.45, 7) is 16.9. The number of rotatable bonds is 24. The quantitative estimate of drug-likeness (QED) is 0.0551. The van der Waals surface area contributed by atoms with Gasteiger partial charge in [-0.15, -0.1) is 0 Å². The van der Waals surface area contributed by atoms with Crippen LogP contribution in [0.2, 0.25) is 0 Å². The van der Waals surface area contributed by atoms with Crippen molar-refractivity contribution in [2.75, 3.05) is 39.6 Å². The van der Waals surface area contributed by atoms with Crippen molar-refractivity contribution >= 4 is 32.3 Å². The van der Waals surface area contributed by atoms with Gasteiger partial charge in [-0.2, -0.15) is 0 Å². The van der Waals surface area contributed by atoms with Crippen LogP contribution in [0.15, 0.2) is 36.4 Å². The van der Waals surface area contributed by atoms with Gasteiger partial charge in [-0.1, -0.05) is 80.1 Å². The van der Waals surface area contributed by atoms with E-state index in [1.165, 1.54) is 0 Å². The fourth-order valence-corrected chi connectivity index (χ4v) is 5.71. The van der Waals surface area contributed by atoms with Gasteiger partial charge < -0.3 is 28.4 Å². The van der Waals surface area contributed by atoms with Crippen molar-refractivity contribution in [2.24, 2.45) is 0 Å². The summed E-state index contributed by atoms with van der Waals surface area (Å²) in [7, 11) is 0. The minimum atomic E-state index is 0.618. The Kier molecular flexibility index (Phi) is 15.6. The van der Waals surface area contributed by atoms with E-state index < -0.39 is 0 Å². The van der Waals surface area contributed by atoms with Gasteiger partial charge in [0.15, 0.2) is 34.5 Å². The highest BCUT2D eigenvalue weighted by molar-refractivity contribution is 6.28. The third kappa shape index (κ3) is 9.54. The molecular weight excluding hydrogens is 600 g/mol. The number of ether oxygens (including phenoxy) is 6. The number of benzene rings is 4. The lowest BCUT2D eigenvalue weighted by Crippen LogP contribution is -2.05. The molecule has 264 valence electrons. The van der Waals surface area contributed by atoms with Gasteiger partial charge in [0.1, 0.15) is 0 Å². The molecule has 0 fully saturated rings. The Balaban J connectivity index is 2.09. The van der Waals surface area contributed by atoms with E-state index in [1.54, 1.807) is 0 Å². The van der Waals surface area contributed by atoms with Gasteiger partial charge >= 0.3 is 0 Å². The summed E-state index contributed by atoms with van der Waals surface area (Å²) in [5.41, 5.74) is 0. The minimum Gasteiger partial charge on any atom is -0.490 e. The van der Waals surface area contributed by atoms with E-state index in [9.17, 15) is 0 Å². The van der Waals surface area contributed by atoms with E-state index in [0.717, 1.165) is 144 Å². The highest BCUT2D eigenvalue weighted by Gasteiger charge is 2.22. The Morgan fingerprint density at radius 1 is 0.333 bits per heavy atom. The third-order valence-corrected chi connectivity index (χ3v) is 8.66. The molecule has 4 aromatic rings. The first-order chi connectivity index (χ1) is 23.6. The van der Waals surface area contributed by atoms with Crippen molar-refractivity contribution in [1.29, 1.82) is 0 Å². The fraction of sp³-hybridized carbons (Fsp3) is 0.571. The van der Waals surface area contributed by atoms with Crippen LogP contribution >= 0.6 is 0 Å². The molecule has 0 heterocycles. The SMILES string of the molecule is CCCCOc1cc2c(cc1OCCCC)c1ccc(OCCCC)c(OCCCC)c1c1cc(OCCCC)c(OCCCC)cc21. The molecule has 0 atom stereocenters. The minimum absolute atomic E-state index is 0.618. The van der Waals surface area contributed by atoms with E-state index in [2.05, 4.69) is 77.9 Å². The maximum atomic E-state index is 6.67. The average Bonchev–Trinajstić information content (AvgIpc) is 3.09. The topological polar surface area (TPSA) is 55.4 Å². The Labute approximate surface area is 289 Å². The molecule has 0 aliphatic rings. The lowest BCUT2D eigenvalue weighted by Gasteiger charge is -2.21. The van der Waals surface area contributed by atoms with Crippen LogP contribution in [-0.4, -0.2) is 39.6 Å². The highest BCUT2D eigenvalue weighted by Crippen LogP contribution is 2.49. The molecule has 0 bridgehead atoms. The van der Waals surface area contributed by atoms with Crippen molar-refractivity contribution in [2.45, 2.75) is 119 Å². The average molecular weight is 661 g/mol. The molecule has 6 heteroatoms. The molecule has 0 radical (unpaired) electrons. The third-order valence-electron chi connectivity index (χ3n) is 8.66. The van der Waals surface area contributed by atoms with Crippen LogP contribution < -0.4 is 28.4 Å². The molecule has 0 saturated carbocycles. The van der Waals surface area contributed by atoms with E-state index in [0.29, 0.717) is 39.6 Å². The van der Waals surface area contributed by atoms with Crippen LogP contribution in [0, 0.1) is 0 Å². The van der Waals surface area contributed by atoms with Gasteiger partial charge in [-0.05, 0) is 102 Å². The molecule has 0 saturated heterocycles. The fourth-order valence-electron chi connectivity index (χ4n) is 5.71. The summed E-state index contributed by atoms with van der Waals surface area (Å²) in [6.07, 6.45) is 12.2. The van der Waals surface area contributed by atoms with Gasteiger partial charge in [-0.3, -0.25) is 0 Å². The predicted octanol–water partition coefficient (Wildman–Crippen LogP) is 12.2. The Hall–Kier alpha value is -3.54. The van der Waals surface area contributed by atoms with Crippen molar-refractivity contribution in [3.8, 4) is 34.5 Å². The summed E-state index contributed by atoms with van der Waals surface area (Å²) in [5.74, 6) is 4.67. The number of fused-ring (bicyclic) bond motifs is 6. The molecule has 0 spiro atoms. The highest BCUT2D eigenvalue weighted by atomic mass is 16.5. The van der Waals surface area contributed by atoms with E-state index in [4.69, 9.17) is 28.4 Å². The lowest BCUT2D eigenvalue weighted by atomic mass is 9.92. The van der Waals surface area contributed by atoms with Crippen LogP contribution in [0.5, 0.6) is 34.5 Å². The first-order valence-corrected chi connectivity index (χ1v) is 18.9. The van der Waals surface area contributed by atoms with E-state index >= 15 is 0 Å². The number of hydrogen-bond acceptors (Lipinski definition) is 6. The van der Waals surface area contributed by atoms with Crippen LogP contribution in [0.4, 0.5) is 0 Å².